The molecule has 0 spiro atoms. The van der Waals surface area contributed by atoms with Crippen LogP contribution in [0.5, 0.6) is 0 Å². The Morgan fingerprint density at radius 1 is 1.17 bits per heavy atom. The maximum atomic E-state index is 12.3. The minimum absolute atomic E-state index is 0.173. The molecule has 4 rings (SSSR count). The van der Waals surface area contributed by atoms with E-state index in [1.165, 1.54) is 23.1 Å². The van der Waals surface area contributed by atoms with Crippen molar-refractivity contribution < 1.29 is 4.79 Å². The first-order valence-corrected chi connectivity index (χ1v) is 10.7. The van der Waals surface area contributed by atoms with Crippen molar-refractivity contribution in [1.29, 1.82) is 0 Å². The van der Waals surface area contributed by atoms with Crippen molar-refractivity contribution in [3.63, 3.8) is 0 Å². The largest absolute Gasteiger partial charge is 0.323 e. The summed E-state index contributed by atoms with van der Waals surface area (Å²) in [6.45, 7) is 3.25. The predicted octanol–water partition coefficient (Wildman–Crippen LogP) is 3.67. The topological polar surface area (TPSA) is 73.9 Å². The summed E-state index contributed by atoms with van der Waals surface area (Å²) in [6.07, 6.45) is 10.3. The number of rotatable bonds is 6. The number of H-pyrrole nitrogens is 1. The monoisotopic (exact) mass is 405 g/mol. The van der Waals surface area contributed by atoms with Gasteiger partial charge in [-0.3, -0.25) is 19.8 Å². The molecule has 6 nitrogen and oxygen atoms in total. The van der Waals surface area contributed by atoms with E-state index >= 15 is 0 Å². The van der Waals surface area contributed by atoms with Crippen molar-refractivity contribution in [2.75, 3.05) is 29.9 Å². The number of thioether (sulfide) groups is 1. The fourth-order valence-corrected chi connectivity index (χ4v) is 4.24. The summed E-state index contributed by atoms with van der Waals surface area (Å²) >= 11 is 2.02. The number of nitrogens with one attached hydrogen (secondary N) is 2. The number of hydrogen-bond acceptors (Lipinski definition) is 5. The molecular formula is C22H23N5OS. The molecule has 7 heteroatoms. The van der Waals surface area contributed by atoms with E-state index in [0.717, 1.165) is 42.0 Å². The molecule has 1 aliphatic rings. The molecule has 0 bridgehead atoms. The Hall–Kier alpha value is -2.90. The first kappa shape index (κ1) is 19.4. The maximum Gasteiger partial charge on any atom is 0.248 e. The molecule has 3 aromatic rings. The number of carbonyl (C=O) groups excluding carboxylic acids is 1. The van der Waals surface area contributed by atoms with Gasteiger partial charge in [-0.05, 0) is 35.4 Å². The fraction of sp³-hybridized carbons (Fsp3) is 0.227. The Kier molecular flexibility index (Phi) is 6.38. The van der Waals surface area contributed by atoms with E-state index in [0.29, 0.717) is 0 Å². The van der Waals surface area contributed by atoms with Gasteiger partial charge in [-0.25, -0.2) is 0 Å². The van der Waals surface area contributed by atoms with Crippen LogP contribution < -0.4 is 5.32 Å². The number of anilines is 1. The van der Waals surface area contributed by atoms with Gasteiger partial charge >= 0.3 is 0 Å². The molecule has 0 radical (unpaired) electrons. The summed E-state index contributed by atoms with van der Waals surface area (Å²) < 4.78 is 0. The highest BCUT2D eigenvalue weighted by Gasteiger charge is 2.10. The molecule has 148 valence electrons. The lowest BCUT2D eigenvalue weighted by Crippen LogP contribution is -2.31. The van der Waals surface area contributed by atoms with Crippen LogP contribution in [0.2, 0.25) is 0 Å². The SMILES string of the molecule is O=C(/C=C/c1cnccc1-c1cn[nH]c1)Nc1ccc(CN2CCSCC2)cc1. The van der Waals surface area contributed by atoms with E-state index in [-0.39, 0.29) is 5.91 Å². The van der Waals surface area contributed by atoms with Gasteiger partial charge in [0.1, 0.15) is 0 Å². The second kappa shape index (κ2) is 9.54. The third-order valence-electron chi connectivity index (χ3n) is 4.81. The molecule has 1 amide bonds. The molecule has 0 atom stereocenters. The van der Waals surface area contributed by atoms with Gasteiger partial charge in [0, 0.05) is 72.6 Å². The van der Waals surface area contributed by atoms with Crippen LogP contribution >= 0.6 is 11.8 Å². The number of hydrogen-bond donors (Lipinski definition) is 2. The highest BCUT2D eigenvalue weighted by molar-refractivity contribution is 7.99. The summed E-state index contributed by atoms with van der Waals surface area (Å²) in [7, 11) is 0. The van der Waals surface area contributed by atoms with Crippen molar-refractivity contribution in [2.45, 2.75) is 6.54 Å². The molecule has 1 aromatic carbocycles. The van der Waals surface area contributed by atoms with Crippen molar-refractivity contribution in [2.24, 2.45) is 0 Å². The van der Waals surface area contributed by atoms with Crippen LogP contribution in [0.25, 0.3) is 17.2 Å². The average molecular weight is 406 g/mol. The third-order valence-corrected chi connectivity index (χ3v) is 5.75. The zero-order valence-electron chi connectivity index (χ0n) is 16.0. The maximum absolute atomic E-state index is 12.3. The predicted molar refractivity (Wildman–Crippen MR) is 119 cm³/mol. The molecule has 2 N–H and O–H groups in total. The quantitative estimate of drug-likeness (QED) is 0.612. The molecule has 1 aliphatic heterocycles. The molecule has 29 heavy (non-hydrogen) atoms. The first-order valence-electron chi connectivity index (χ1n) is 9.59. The minimum Gasteiger partial charge on any atom is -0.323 e. The molecular weight excluding hydrogens is 382 g/mol. The van der Waals surface area contributed by atoms with Gasteiger partial charge in [0.05, 0.1) is 6.20 Å². The normalized spacial score (nSPS) is 14.9. The lowest BCUT2D eigenvalue weighted by Gasteiger charge is -2.26. The first-order chi connectivity index (χ1) is 14.3. The van der Waals surface area contributed by atoms with Gasteiger partial charge in [-0.2, -0.15) is 16.9 Å². The van der Waals surface area contributed by atoms with Crippen LogP contribution in [-0.2, 0) is 11.3 Å². The average Bonchev–Trinajstić information content (AvgIpc) is 3.29. The van der Waals surface area contributed by atoms with Crippen LogP contribution in [0.1, 0.15) is 11.1 Å². The number of benzene rings is 1. The Balaban J connectivity index is 1.36. The molecule has 0 aliphatic carbocycles. The van der Waals surface area contributed by atoms with Crippen molar-refractivity contribution in [3.05, 3.63) is 72.3 Å². The summed E-state index contributed by atoms with van der Waals surface area (Å²) in [5, 5.41) is 9.70. The second-order valence-corrected chi connectivity index (χ2v) is 8.08. The molecule has 3 heterocycles. The second-order valence-electron chi connectivity index (χ2n) is 6.86. The fourth-order valence-electron chi connectivity index (χ4n) is 3.26. The number of pyridine rings is 1. The van der Waals surface area contributed by atoms with Crippen LogP contribution in [0.3, 0.4) is 0 Å². The summed E-state index contributed by atoms with van der Waals surface area (Å²) in [5.41, 5.74) is 4.84. The molecule has 2 aromatic heterocycles. The van der Waals surface area contributed by atoms with Crippen molar-refractivity contribution in [3.8, 4) is 11.1 Å². The van der Waals surface area contributed by atoms with Gasteiger partial charge in [0.25, 0.3) is 0 Å². The molecule has 1 fully saturated rings. The zero-order valence-corrected chi connectivity index (χ0v) is 16.9. The Morgan fingerprint density at radius 3 is 2.76 bits per heavy atom. The van der Waals surface area contributed by atoms with Crippen molar-refractivity contribution in [1.82, 2.24) is 20.1 Å². The Labute approximate surface area is 174 Å². The van der Waals surface area contributed by atoms with E-state index in [1.54, 1.807) is 24.7 Å². The van der Waals surface area contributed by atoms with E-state index in [9.17, 15) is 4.79 Å². The number of aromatic nitrogens is 3. The standard InChI is InChI=1S/C22H23N5OS/c28-22(6-3-18-13-23-8-7-21(18)19-14-24-25-15-19)26-20-4-1-17(2-5-20)16-27-9-11-29-12-10-27/h1-8,13-15H,9-12,16H2,(H,24,25)(H,26,28)/b6-3+. The highest BCUT2D eigenvalue weighted by Crippen LogP contribution is 2.22. The molecule has 1 saturated heterocycles. The van der Waals surface area contributed by atoms with Gasteiger partial charge < -0.3 is 5.32 Å². The third kappa shape index (κ3) is 5.34. The number of carbonyl (C=O) groups is 1. The van der Waals surface area contributed by atoms with Gasteiger partial charge in [0.2, 0.25) is 5.91 Å². The minimum atomic E-state index is -0.173. The Morgan fingerprint density at radius 2 is 2.00 bits per heavy atom. The lowest BCUT2D eigenvalue weighted by molar-refractivity contribution is -0.111. The van der Waals surface area contributed by atoms with Gasteiger partial charge in [-0.1, -0.05) is 12.1 Å². The van der Waals surface area contributed by atoms with Gasteiger partial charge in [-0.15, -0.1) is 0 Å². The van der Waals surface area contributed by atoms with E-state index in [4.69, 9.17) is 0 Å². The smallest absolute Gasteiger partial charge is 0.248 e. The number of nitrogens with zero attached hydrogens (tertiary/aromatic N) is 3. The molecule has 0 saturated carbocycles. The van der Waals surface area contributed by atoms with Gasteiger partial charge in [0.15, 0.2) is 0 Å². The van der Waals surface area contributed by atoms with Crippen LogP contribution in [0, 0.1) is 0 Å². The van der Waals surface area contributed by atoms with Crippen LogP contribution in [0.15, 0.2) is 61.2 Å². The lowest BCUT2D eigenvalue weighted by atomic mass is 10.0. The Bertz CT molecular complexity index is 963. The summed E-state index contributed by atoms with van der Waals surface area (Å²) in [4.78, 5) is 19.0. The van der Waals surface area contributed by atoms with Crippen LogP contribution in [0.4, 0.5) is 5.69 Å². The van der Waals surface area contributed by atoms with E-state index in [1.807, 2.05) is 36.2 Å². The van der Waals surface area contributed by atoms with E-state index < -0.39 is 0 Å². The number of amides is 1. The van der Waals surface area contributed by atoms with Crippen LogP contribution in [-0.4, -0.2) is 50.6 Å². The van der Waals surface area contributed by atoms with E-state index in [2.05, 4.69) is 37.5 Å². The summed E-state index contributed by atoms with van der Waals surface area (Å²) in [5.74, 6) is 2.24. The highest BCUT2D eigenvalue weighted by atomic mass is 32.2. The number of aromatic amines is 1. The zero-order chi connectivity index (χ0) is 19.9. The van der Waals surface area contributed by atoms with Crippen molar-refractivity contribution >= 4 is 29.4 Å². The molecule has 0 unspecified atom stereocenters. The summed E-state index contributed by atoms with van der Waals surface area (Å²) in [6, 6.07) is 9.99.